The number of rotatable bonds is 4. The maximum absolute atomic E-state index is 12.0. The van der Waals surface area contributed by atoms with Gasteiger partial charge >= 0.3 is 0 Å². The number of fused-ring (bicyclic) bond motifs is 1. The number of hydrogen-bond donors (Lipinski definition) is 2. The van der Waals surface area contributed by atoms with E-state index in [9.17, 15) is 9.59 Å². The lowest BCUT2D eigenvalue weighted by Gasteiger charge is -2.10. The van der Waals surface area contributed by atoms with Crippen LogP contribution in [0, 0.1) is 11.8 Å². The van der Waals surface area contributed by atoms with Crippen molar-refractivity contribution >= 4 is 23.3 Å². The summed E-state index contributed by atoms with van der Waals surface area (Å²) in [5.74, 6) is 1.26. The van der Waals surface area contributed by atoms with E-state index in [1.807, 2.05) is 36.4 Å². The van der Waals surface area contributed by atoms with Crippen molar-refractivity contribution in [1.29, 1.82) is 0 Å². The Bertz CT molecular complexity index is 971. The summed E-state index contributed by atoms with van der Waals surface area (Å²) in [6, 6.07) is 14.1. The van der Waals surface area contributed by atoms with E-state index in [-0.39, 0.29) is 23.7 Å². The molecule has 1 aliphatic heterocycles. The van der Waals surface area contributed by atoms with E-state index in [1.54, 1.807) is 0 Å². The lowest BCUT2D eigenvalue weighted by atomic mass is 9.99. The number of aliphatic imine (C=N–C) groups is 1. The molecule has 5 heteroatoms. The van der Waals surface area contributed by atoms with Crippen molar-refractivity contribution < 1.29 is 9.59 Å². The molecule has 27 heavy (non-hydrogen) atoms. The molecule has 2 aromatic carbocycles. The Kier molecular flexibility index (Phi) is 3.81. The fourth-order valence-electron chi connectivity index (χ4n) is 3.42. The van der Waals surface area contributed by atoms with Crippen molar-refractivity contribution in [3.8, 4) is 11.1 Å². The highest BCUT2D eigenvalue weighted by molar-refractivity contribution is 6.11. The minimum atomic E-state index is 0.0878. The Morgan fingerprint density at radius 3 is 2.30 bits per heavy atom. The topological polar surface area (TPSA) is 70.6 Å². The van der Waals surface area contributed by atoms with Gasteiger partial charge in [0.15, 0.2) is 0 Å². The Morgan fingerprint density at radius 2 is 1.56 bits per heavy atom. The third-order valence-corrected chi connectivity index (χ3v) is 5.37. The average Bonchev–Trinajstić information content (AvgIpc) is 3.59. The first-order chi connectivity index (χ1) is 13.2. The van der Waals surface area contributed by atoms with E-state index in [4.69, 9.17) is 0 Å². The Labute approximate surface area is 157 Å². The third-order valence-electron chi connectivity index (χ3n) is 5.37. The van der Waals surface area contributed by atoms with Gasteiger partial charge in [0, 0.05) is 23.1 Å². The summed E-state index contributed by atoms with van der Waals surface area (Å²) < 4.78 is 0. The summed E-state index contributed by atoms with van der Waals surface area (Å²) in [7, 11) is 0. The van der Waals surface area contributed by atoms with E-state index < -0.39 is 0 Å². The Hall–Kier alpha value is -2.95. The first-order valence-electron chi connectivity index (χ1n) is 9.57. The molecule has 0 aromatic heterocycles. The van der Waals surface area contributed by atoms with Gasteiger partial charge in [-0.05, 0) is 60.6 Å². The zero-order valence-electron chi connectivity index (χ0n) is 15.0. The summed E-state index contributed by atoms with van der Waals surface area (Å²) in [4.78, 5) is 28.5. The van der Waals surface area contributed by atoms with Crippen LogP contribution in [0.25, 0.3) is 11.1 Å². The molecule has 136 valence electrons. The number of benzene rings is 2. The highest BCUT2D eigenvalue weighted by Gasteiger charge is 2.31. The van der Waals surface area contributed by atoms with E-state index in [2.05, 4.69) is 21.7 Å². The summed E-state index contributed by atoms with van der Waals surface area (Å²) >= 11 is 0. The molecule has 0 atom stereocenters. The maximum atomic E-state index is 12.0. The van der Waals surface area contributed by atoms with Gasteiger partial charge in [-0.25, -0.2) is 0 Å². The third kappa shape index (κ3) is 3.37. The monoisotopic (exact) mass is 359 g/mol. The number of anilines is 1. The number of nitrogens with zero attached hydrogens (tertiary/aromatic N) is 1. The Morgan fingerprint density at radius 1 is 0.852 bits per heavy atom. The predicted octanol–water partition coefficient (Wildman–Crippen LogP) is 3.49. The predicted molar refractivity (Wildman–Crippen MR) is 104 cm³/mol. The second kappa shape index (κ2) is 6.34. The number of nitrogens with one attached hydrogen (secondary N) is 2. The molecule has 0 saturated heterocycles. The van der Waals surface area contributed by atoms with Crippen LogP contribution in [0.4, 0.5) is 5.69 Å². The molecule has 0 radical (unpaired) electrons. The van der Waals surface area contributed by atoms with Crippen molar-refractivity contribution in [3.63, 3.8) is 0 Å². The smallest absolute Gasteiger partial charge is 0.228 e. The molecule has 3 aliphatic rings. The summed E-state index contributed by atoms with van der Waals surface area (Å²) in [6.07, 6.45) is 3.96. The van der Waals surface area contributed by atoms with Gasteiger partial charge in [0.2, 0.25) is 11.8 Å². The highest BCUT2D eigenvalue weighted by atomic mass is 16.2. The van der Waals surface area contributed by atoms with Crippen LogP contribution in [0.5, 0.6) is 0 Å². The summed E-state index contributed by atoms with van der Waals surface area (Å²) in [6.45, 7) is 0.585. The van der Waals surface area contributed by atoms with Crippen LogP contribution in [-0.4, -0.2) is 17.6 Å². The Balaban J connectivity index is 1.34. The number of amides is 2. The molecule has 2 fully saturated rings. The second-order valence-electron chi connectivity index (χ2n) is 7.64. The molecular weight excluding hydrogens is 338 g/mol. The minimum Gasteiger partial charge on any atom is -0.326 e. The zero-order valence-corrected chi connectivity index (χ0v) is 15.0. The lowest BCUT2D eigenvalue weighted by molar-refractivity contribution is -0.121. The first kappa shape index (κ1) is 16.2. The van der Waals surface area contributed by atoms with Crippen LogP contribution in [0.3, 0.4) is 0 Å². The molecule has 0 unspecified atom stereocenters. The molecule has 1 heterocycles. The number of carbonyl (C=O) groups excluding carboxylic acids is 2. The van der Waals surface area contributed by atoms with Gasteiger partial charge in [0.25, 0.3) is 0 Å². The van der Waals surface area contributed by atoms with Crippen LogP contribution in [-0.2, 0) is 16.1 Å². The van der Waals surface area contributed by atoms with Gasteiger partial charge in [-0.3, -0.25) is 14.6 Å². The maximum Gasteiger partial charge on any atom is 0.228 e. The molecule has 0 bridgehead atoms. The fourth-order valence-corrected chi connectivity index (χ4v) is 3.42. The average molecular weight is 359 g/mol. The van der Waals surface area contributed by atoms with Crippen LogP contribution >= 0.6 is 0 Å². The number of hydrogen-bond acceptors (Lipinski definition) is 3. The van der Waals surface area contributed by atoms with Gasteiger partial charge in [0.05, 0.1) is 6.54 Å². The molecule has 2 aliphatic carbocycles. The molecular formula is C22H21N3O2. The molecule has 2 saturated carbocycles. The quantitative estimate of drug-likeness (QED) is 0.877. The van der Waals surface area contributed by atoms with Gasteiger partial charge in [-0.2, -0.15) is 0 Å². The van der Waals surface area contributed by atoms with Gasteiger partial charge in [-0.15, -0.1) is 0 Å². The molecule has 0 spiro atoms. The van der Waals surface area contributed by atoms with E-state index in [1.165, 1.54) is 0 Å². The molecule has 5 rings (SSSR count). The first-order valence-corrected chi connectivity index (χ1v) is 9.57. The highest BCUT2D eigenvalue weighted by Crippen LogP contribution is 2.32. The van der Waals surface area contributed by atoms with Crippen LogP contribution in [0.15, 0.2) is 47.5 Å². The number of carbonyl (C=O) groups is 2. The largest absolute Gasteiger partial charge is 0.326 e. The van der Waals surface area contributed by atoms with Crippen LogP contribution in [0.2, 0.25) is 0 Å². The normalized spacial score (nSPS) is 17.9. The van der Waals surface area contributed by atoms with Crippen LogP contribution in [0.1, 0.15) is 36.8 Å². The molecule has 2 N–H and O–H groups in total. The SMILES string of the molecule is O=C(NC1=NCc2cc(-c3cccc(NC(=O)C4CC4)c3)ccc21)C1CC1. The van der Waals surface area contributed by atoms with Gasteiger partial charge < -0.3 is 10.6 Å². The minimum absolute atomic E-state index is 0.0878. The van der Waals surface area contributed by atoms with Crippen molar-refractivity contribution in [2.45, 2.75) is 32.2 Å². The number of amidine groups is 1. The summed E-state index contributed by atoms with van der Waals surface area (Å²) in [5, 5.41) is 5.97. The van der Waals surface area contributed by atoms with E-state index in [0.29, 0.717) is 12.4 Å². The van der Waals surface area contributed by atoms with E-state index in [0.717, 1.165) is 53.6 Å². The molecule has 2 aromatic rings. The zero-order chi connectivity index (χ0) is 18.4. The summed E-state index contributed by atoms with van der Waals surface area (Å²) in [5.41, 5.74) is 5.10. The molecule has 5 nitrogen and oxygen atoms in total. The van der Waals surface area contributed by atoms with Crippen molar-refractivity contribution in [3.05, 3.63) is 53.6 Å². The lowest BCUT2D eigenvalue weighted by Crippen LogP contribution is -2.31. The van der Waals surface area contributed by atoms with Crippen LogP contribution < -0.4 is 10.6 Å². The van der Waals surface area contributed by atoms with Crippen molar-refractivity contribution in [1.82, 2.24) is 5.32 Å². The second-order valence-corrected chi connectivity index (χ2v) is 7.64. The molecule has 2 amide bonds. The standard InChI is InChI=1S/C22H21N3O2/c26-21(13-4-5-13)24-18-3-1-2-15(11-18)16-8-9-19-17(10-16)12-23-20(19)25-22(27)14-6-7-14/h1-3,8-11,13-14H,4-7,12H2,(H,24,26)(H,23,25,27). The fraction of sp³-hybridized carbons (Fsp3) is 0.318. The van der Waals surface area contributed by atoms with Crippen molar-refractivity contribution in [2.24, 2.45) is 16.8 Å². The van der Waals surface area contributed by atoms with E-state index >= 15 is 0 Å². The van der Waals surface area contributed by atoms with Gasteiger partial charge in [-0.1, -0.05) is 24.3 Å². The van der Waals surface area contributed by atoms with Crippen molar-refractivity contribution in [2.75, 3.05) is 5.32 Å². The van der Waals surface area contributed by atoms with Gasteiger partial charge in [0.1, 0.15) is 5.84 Å².